The van der Waals surface area contributed by atoms with E-state index in [0.717, 1.165) is 28.5 Å². The minimum absolute atomic E-state index is 0.139. The number of carbonyl (C=O) groups excluding carboxylic acids is 1. The zero-order chi connectivity index (χ0) is 19.9. The molecule has 2 rings (SSSR count). The predicted molar refractivity (Wildman–Crippen MR) is 109 cm³/mol. The molecule has 0 saturated carbocycles. The molecule has 1 aliphatic rings. The first-order valence-electron chi connectivity index (χ1n) is 8.29. The lowest BCUT2D eigenvalue weighted by Gasteiger charge is -2.28. The fraction of sp³-hybridized carbons (Fsp3) is 0.421. The van der Waals surface area contributed by atoms with Gasteiger partial charge in [0.2, 0.25) is 0 Å². The number of nitrogens with two attached hydrogens (primary N) is 2. The van der Waals surface area contributed by atoms with Crippen LogP contribution in [0, 0.1) is 0 Å². The van der Waals surface area contributed by atoms with E-state index in [1.54, 1.807) is 6.08 Å². The first-order chi connectivity index (χ1) is 11.8. The van der Waals surface area contributed by atoms with E-state index in [9.17, 15) is 9.90 Å². The van der Waals surface area contributed by atoms with Gasteiger partial charge >= 0.3 is 0 Å². The van der Waals surface area contributed by atoms with Crippen molar-refractivity contribution in [2.45, 2.75) is 52.4 Å². The lowest BCUT2D eigenvalue weighted by Crippen LogP contribution is -2.23. The van der Waals surface area contributed by atoms with Crippen molar-refractivity contribution in [1.82, 2.24) is 0 Å². The summed E-state index contributed by atoms with van der Waals surface area (Å²) in [5.74, 6) is -0.215. The van der Waals surface area contributed by atoms with Crippen molar-refractivity contribution >= 4 is 34.9 Å². The first-order valence-corrected chi connectivity index (χ1v) is 9.11. The van der Waals surface area contributed by atoms with Crippen LogP contribution in [0.2, 0.25) is 0 Å². The maximum Gasteiger partial charge on any atom is 0.286 e. The van der Waals surface area contributed by atoms with E-state index >= 15 is 0 Å². The SMILES string of the molecule is CC(C)(C)c1cc(/C=C2\SC(N=C(N)N)=NC2=O)cc(C(C)(C)C)c1O. The third-order valence-electron chi connectivity index (χ3n) is 3.88. The Morgan fingerprint density at radius 3 is 2.04 bits per heavy atom. The van der Waals surface area contributed by atoms with Crippen LogP contribution in [0.15, 0.2) is 27.0 Å². The zero-order valence-electron chi connectivity index (χ0n) is 16.0. The van der Waals surface area contributed by atoms with Gasteiger partial charge in [-0.3, -0.25) is 4.79 Å². The molecule has 0 saturated heterocycles. The predicted octanol–water partition coefficient (Wildman–Crippen LogP) is 3.23. The number of guanidine groups is 1. The Morgan fingerprint density at radius 1 is 1.12 bits per heavy atom. The number of aliphatic imine (C=N–C) groups is 2. The molecule has 0 unspecified atom stereocenters. The van der Waals surface area contributed by atoms with Crippen molar-refractivity contribution in [2.75, 3.05) is 0 Å². The number of aromatic hydroxyl groups is 1. The van der Waals surface area contributed by atoms with Gasteiger partial charge in [-0.25, -0.2) is 0 Å². The highest BCUT2D eigenvalue weighted by molar-refractivity contribution is 8.18. The molecule has 1 heterocycles. The average molecular weight is 375 g/mol. The van der Waals surface area contributed by atoms with Crippen molar-refractivity contribution in [1.29, 1.82) is 0 Å². The number of phenolic OH excluding ortho intramolecular Hbond substituents is 1. The fourth-order valence-corrected chi connectivity index (χ4v) is 3.40. The molecule has 26 heavy (non-hydrogen) atoms. The number of thioether (sulfide) groups is 1. The molecule has 0 radical (unpaired) electrons. The smallest absolute Gasteiger partial charge is 0.286 e. The summed E-state index contributed by atoms with van der Waals surface area (Å²) in [6.45, 7) is 12.3. The molecule has 7 heteroatoms. The van der Waals surface area contributed by atoms with Crippen LogP contribution < -0.4 is 11.5 Å². The van der Waals surface area contributed by atoms with E-state index in [-0.39, 0.29) is 27.9 Å². The Labute approximate surface area is 158 Å². The summed E-state index contributed by atoms with van der Waals surface area (Å²) >= 11 is 1.12. The van der Waals surface area contributed by atoms with Gasteiger partial charge in [0, 0.05) is 11.1 Å². The number of phenols is 1. The Hall–Kier alpha value is -2.28. The zero-order valence-corrected chi connectivity index (χ0v) is 16.9. The monoisotopic (exact) mass is 374 g/mol. The summed E-state index contributed by atoms with van der Waals surface area (Å²) in [5.41, 5.74) is 12.7. The highest BCUT2D eigenvalue weighted by Gasteiger charge is 2.27. The minimum Gasteiger partial charge on any atom is -0.507 e. The van der Waals surface area contributed by atoms with Crippen molar-refractivity contribution in [3.05, 3.63) is 33.7 Å². The number of amides is 1. The van der Waals surface area contributed by atoms with Gasteiger partial charge in [0.1, 0.15) is 5.75 Å². The molecule has 0 spiro atoms. The van der Waals surface area contributed by atoms with E-state index < -0.39 is 0 Å². The fourth-order valence-electron chi connectivity index (χ4n) is 2.59. The van der Waals surface area contributed by atoms with Crippen molar-refractivity contribution < 1.29 is 9.90 Å². The van der Waals surface area contributed by atoms with Gasteiger partial charge in [-0.1, -0.05) is 41.5 Å². The van der Waals surface area contributed by atoms with Gasteiger partial charge < -0.3 is 16.6 Å². The third kappa shape index (κ3) is 4.46. The second-order valence-corrected chi connectivity index (χ2v) is 9.32. The van der Waals surface area contributed by atoms with Crippen LogP contribution in [0.1, 0.15) is 58.2 Å². The molecule has 1 aromatic carbocycles. The average Bonchev–Trinajstić information content (AvgIpc) is 2.77. The van der Waals surface area contributed by atoms with Crippen LogP contribution in [0.5, 0.6) is 5.75 Å². The van der Waals surface area contributed by atoms with Crippen LogP contribution in [0.25, 0.3) is 6.08 Å². The molecule has 0 aliphatic carbocycles. The van der Waals surface area contributed by atoms with Gasteiger partial charge in [-0.15, -0.1) is 0 Å². The van der Waals surface area contributed by atoms with E-state index in [0.29, 0.717) is 10.7 Å². The minimum atomic E-state index is -0.377. The topological polar surface area (TPSA) is 114 Å². The number of hydrogen-bond acceptors (Lipinski definition) is 4. The standard InChI is InChI=1S/C19H26N4O2S/c1-18(2,3)11-7-10(8-12(14(11)24)19(4,5)6)9-13-15(25)22-17(26-13)23-16(20)21/h7-9,24H,1-6H3,(H4,20,21,22,23,25)/b13-9-. The van der Waals surface area contributed by atoms with Gasteiger partial charge in [-0.05, 0) is 46.4 Å². The Morgan fingerprint density at radius 2 is 1.62 bits per heavy atom. The maximum atomic E-state index is 12.1. The summed E-state index contributed by atoms with van der Waals surface area (Å²) in [4.78, 5) is 20.2. The Kier molecular flexibility index (Phi) is 5.24. The molecule has 1 aliphatic heterocycles. The number of benzene rings is 1. The van der Waals surface area contributed by atoms with E-state index in [2.05, 4.69) is 9.98 Å². The van der Waals surface area contributed by atoms with Gasteiger partial charge in [-0.2, -0.15) is 9.98 Å². The molecule has 1 amide bonds. The summed E-state index contributed by atoms with van der Waals surface area (Å²) in [6.07, 6.45) is 1.76. The van der Waals surface area contributed by atoms with E-state index in [1.807, 2.05) is 53.7 Å². The van der Waals surface area contributed by atoms with Crippen molar-refractivity contribution in [2.24, 2.45) is 21.5 Å². The highest BCUT2D eigenvalue weighted by atomic mass is 32.2. The van der Waals surface area contributed by atoms with Crippen molar-refractivity contribution in [3.8, 4) is 5.75 Å². The molecule has 140 valence electrons. The Balaban J connectivity index is 2.55. The third-order valence-corrected chi connectivity index (χ3v) is 4.76. The largest absolute Gasteiger partial charge is 0.507 e. The van der Waals surface area contributed by atoms with Gasteiger partial charge in [0.25, 0.3) is 5.91 Å². The van der Waals surface area contributed by atoms with Gasteiger partial charge in [0.15, 0.2) is 11.1 Å². The van der Waals surface area contributed by atoms with Crippen molar-refractivity contribution in [3.63, 3.8) is 0 Å². The lowest BCUT2D eigenvalue weighted by atomic mass is 9.78. The molecular weight excluding hydrogens is 348 g/mol. The molecule has 1 aromatic rings. The number of hydrogen-bond donors (Lipinski definition) is 3. The van der Waals surface area contributed by atoms with Crippen LogP contribution in [-0.2, 0) is 15.6 Å². The Bertz CT molecular complexity index is 801. The number of amidine groups is 1. The maximum absolute atomic E-state index is 12.1. The van der Waals surface area contributed by atoms with Crippen LogP contribution in [-0.4, -0.2) is 22.1 Å². The summed E-state index contributed by atoms with van der Waals surface area (Å²) in [5, 5.41) is 11.0. The summed E-state index contributed by atoms with van der Waals surface area (Å²) < 4.78 is 0. The second kappa shape index (κ2) is 6.79. The quantitative estimate of drug-likeness (QED) is 0.397. The summed E-state index contributed by atoms with van der Waals surface area (Å²) in [7, 11) is 0. The molecule has 0 fully saturated rings. The normalized spacial score (nSPS) is 16.8. The van der Waals surface area contributed by atoms with Crippen LogP contribution in [0.4, 0.5) is 0 Å². The molecule has 0 bridgehead atoms. The van der Waals surface area contributed by atoms with Gasteiger partial charge in [0.05, 0.1) is 4.91 Å². The molecular formula is C19H26N4O2S. The highest BCUT2D eigenvalue weighted by Crippen LogP contribution is 2.40. The molecule has 5 N–H and O–H groups in total. The number of rotatable bonds is 1. The lowest BCUT2D eigenvalue weighted by molar-refractivity contribution is -0.113. The van der Waals surface area contributed by atoms with E-state index in [1.165, 1.54) is 0 Å². The van der Waals surface area contributed by atoms with E-state index in [4.69, 9.17) is 11.5 Å². The van der Waals surface area contributed by atoms with Crippen LogP contribution in [0.3, 0.4) is 0 Å². The molecule has 0 aromatic heterocycles. The number of carbonyl (C=O) groups is 1. The molecule has 0 atom stereocenters. The van der Waals surface area contributed by atoms with Crippen LogP contribution >= 0.6 is 11.8 Å². The number of nitrogens with zero attached hydrogens (tertiary/aromatic N) is 2. The first kappa shape index (κ1) is 20.0. The summed E-state index contributed by atoms with van der Waals surface area (Å²) in [6, 6.07) is 3.81. The molecule has 6 nitrogen and oxygen atoms in total. The second-order valence-electron chi connectivity index (χ2n) is 8.31.